The van der Waals surface area contributed by atoms with E-state index in [2.05, 4.69) is 10.6 Å². The highest BCUT2D eigenvalue weighted by Crippen LogP contribution is 2.22. The van der Waals surface area contributed by atoms with Crippen LogP contribution in [0.4, 0.5) is 0 Å². The zero-order chi connectivity index (χ0) is 17.5. The fourth-order valence-electron chi connectivity index (χ4n) is 1.91. The number of carbonyl (C=O) groups excluding carboxylic acids is 2. The summed E-state index contributed by atoms with van der Waals surface area (Å²) in [4.78, 5) is 23.7. The largest absolute Gasteiger partial charge is 0.497 e. The molecule has 0 bridgehead atoms. The Balaban J connectivity index is 1.79. The molecule has 5 nitrogen and oxygen atoms in total. The van der Waals surface area contributed by atoms with Gasteiger partial charge in [-0.15, -0.1) is 0 Å². The smallest absolute Gasteiger partial charge is 0.251 e. The predicted octanol–water partition coefficient (Wildman–Crippen LogP) is 3.05. The topological polar surface area (TPSA) is 67.4 Å². The molecule has 0 aliphatic heterocycles. The lowest BCUT2D eigenvalue weighted by atomic mass is 10.2. The standard InChI is InChI=1S/C17H16Cl2N2O3/c1-24-13-5-2-11(3-6-13)9-20-16(22)10-21-17(23)12-4-7-14(18)15(19)8-12/h2-8H,9-10H2,1H3,(H,20,22)(H,21,23). The number of benzene rings is 2. The number of halogens is 2. The summed E-state index contributed by atoms with van der Waals surface area (Å²) < 4.78 is 5.06. The van der Waals surface area contributed by atoms with Gasteiger partial charge in [0.05, 0.1) is 23.7 Å². The molecule has 2 N–H and O–H groups in total. The maximum atomic E-state index is 12.0. The van der Waals surface area contributed by atoms with Crippen molar-refractivity contribution in [3.8, 4) is 5.75 Å². The van der Waals surface area contributed by atoms with E-state index in [-0.39, 0.29) is 17.5 Å². The molecule has 2 aromatic carbocycles. The molecule has 0 radical (unpaired) electrons. The van der Waals surface area contributed by atoms with Crippen LogP contribution in [0, 0.1) is 0 Å². The highest BCUT2D eigenvalue weighted by atomic mass is 35.5. The van der Waals surface area contributed by atoms with Gasteiger partial charge < -0.3 is 15.4 Å². The molecule has 0 fully saturated rings. The number of rotatable bonds is 6. The van der Waals surface area contributed by atoms with E-state index < -0.39 is 5.91 Å². The molecular formula is C17H16Cl2N2O3. The van der Waals surface area contributed by atoms with Gasteiger partial charge in [-0.3, -0.25) is 9.59 Å². The summed E-state index contributed by atoms with van der Waals surface area (Å²) in [5, 5.41) is 5.90. The van der Waals surface area contributed by atoms with Crippen LogP contribution in [0.3, 0.4) is 0 Å². The Morgan fingerprint density at radius 3 is 2.33 bits per heavy atom. The first-order valence-electron chi connectivity index (χ1n) is 7.12. The third-order valence-corrected chi connectivity index (χ3v) is 3.98. The molecule has 0 aliphatic rings. The van der Waals surface area contributed by atoms with Crippen LogP contribution in [0.15, 0.2) is 42.5 Å². The maximum Gasteiger partial charge on any atom is 0.251 e. The second-order valence-electron chi connectivity index (χ2n) is 4.94. The van der Waals surface area contributed by atoms with Gasteiger partial charge in [-0.25, -0.2) is 0 Å². The van der Waals surface area contributed by atoms with Gasteiger partial charge in [-0.1, -0.05) is 35.3 Å². The number of amides is 2. The highest BCUT2D eigenvalue weighted by Gasteiger charge is 2.09. The van der Waals surface area contributed by atoms with Crippen molar-refractivity contribution in [2.24, 2.45) is 0 Å². The second-order valence-corrected chi connectivity index (χ2v) is 5.75. The average Bonchev–Trinajstić information content (AvgIpc) is 2.60. The van der Waals surface area contributed by atoms with E-state index in [1.165, 1.54) is 12.1 Å². The predicted molar refractivity (Wildman–Crippen MR) is 93.6 cm³/mol. The Hall–Kier alpha value is -2.24. The minimum Gasteiger partial charge on any atom is -0.497 e. The van der Waals surface area contributed by atoms with Gasteiger partial charge in [-0.2, -0.15) is 0 Å². The molecule has 126 valence electrons. The van der Waals surface area contributed by atoms with Crippen molar-refractivity contribution in [3.05, 3.63) is 63.6 Å². The summed E-state index contributed by atoms with van der Waals surface area (Å²) in [6, 6.07) is 11.9. The zero-order valence-corrected chi connectivity index (χ0v) is 14.4. The van der Waals surface area contributed by atoms with Crippen LogP contribution in [-0.2, 0) is 11.3 Å². The Bertz CT molecular complexity index is 733. The third-order valence-electron chi connectivity index (χ3n) is 3.24. The van der Waals surface area contributed by atoms with E-state index in [9.17, 15) is 9.59 Å². The molecule has 2 amide bonds. The second kappa shape index (κ2) is 8.57. The summed E-state index contributed by atoms with van der Waals surface area (Å²) in [5.74, 6) is 0.0614. The first kappa shape index (κ1) is 18.1. The van der Waals surface area contributed by atoms with Crippen LogP contribution in [-0.4, -0.2) is 25.5 Å². The minimum atomic E-state index is -0.395. The zero-order valence-electron chi connectivity index (χ0n) is 12.9. The van der Waals surface area contributed by atoms with E-state index in [1.54, 1.807) is 13.2 Å². The summed E-state index contributed by atoms with van der Waals surface area (Å²) in [7, 11) is 1.59. The normalized spacial score (nSPS) is 10.1. The number of hydrogen-bond donors (Lipinski definition) is 2. The van der Waals surface area contributed by atoms with Crippen molar-refractivity contribution in [2.75, 3.05) is 13.7 Å². The fourth-order valence-corrected chi connectivity index (χ4v) is 2.20. The first-order valence-corrected chi connectivity index (χ1v) is 7.88. The highest BCUT2D eigenvalue weighted by molar-refractivity contribution is 6.42. The molecule has 2 rings (SSSR count). The van der Waals surface area contributed by atoms with Crippen LogP contribution < -0.4 is 15.4 Å². The molecule has 0 aromatic heterocycles. The summed E-state index contributed by atoms with van der Waals surface area (Å²) in [6.07, 6.45) is 0. The van der Waals surface area contributed by atoms with E-state index in [0.29, 0.717) is 17.1 Å². The van der Waals surface area contributed by atoms with Crippen LogP contribution in [0.1, 0.15) is 15.9 Å². The minimum absolute atomic E-state index is 0.130. The van der Waals surface area contributed by atoms with E-state index >= 15 is 0 Å². The van der Waals surface area contributed by atoms with Crippen LogP contribution >= 0.6 is 23.2 Å². The fraction of sp³-hybridized carbons (Fsp3) is 0.176. The molecule has 7 heteroatoms. The van der Waals surface area contributed by atoms with Gasteiger partial charge in [0.1, 0.15) is 5.75 Å². The third kappa shape index (κ3) is 5.15. The Morgan fingerprint density at radius 2 is 1.71 bits per heavy atom. The molecule has 0 unspecified atom stereocenters. The van der Waals surface area contributed by atoms with Gasteiger partial charge in [0.2, 0.25) is 5.91 Å². The number of ether oxygens (including phenoxy) is 1. The Labute approximate surface area is 149 Å². The molecule has 24 heavy (non-hydrogen) atoms. The molecule has 0 atom stereocenters. The van der Waals surface area contributed by atoms with E-state index in [1.807, 2.05) is 24.3 Å². The van der Waals surface area contributed by atoms with Gasteiger partial charge in [-0.05, 0) is 35.9 Å². The van der Waals surface area contributed by atoms with Crippen LogP contribution in [0.2, 0.25) is 10.0 Å². The van der Waals surface area contributed by atoms with Crippen molar-refractivity contribution in [1.82, 2.24) is 10.6 Å². The van der Waals surface area contributed by atoms with Crippen molar-refractivity contribution in [3.63, 3.8) is 0 Å². The average molecular weight is 367 g/mol. The van der Waals surface area contributed by atoms with Crippen LogP contribution in [0.25, 0.3) is 0 Å². The molecule has 0 aliphatic carbocycles. The van der Waals surface area contributed by atoms with Crippen LogP contribution in [0.5, 0.6) is 5.75 Å². The maximum absolute atomic E-state index is 12.0. The molecule has 0 saturated heterocycles. The van der Waals surface area contributed by atoms with Gasteiger partial charge in [0.15, 0.2) is 0 Å². The summed E-state index contributed by atoms with van der Waals surface area (Å²) in [5.41, 5.74) is 1.27. The van der Waals surface area contributed by atoms with Gasteiger partial charge >= 0.3 is 0 Å². The lowest BCUT2D eigenvalue weighted by Gasteiger charge is -2.08. The first-order chi connectivity index (χ1) is 11.5. The lowest BCUT2D eigenvalue weighted by Crippen LogP contribution is -2.36. The van der Waals surface area contributed by atoms with E-state index in [4.69, 9.17) is 27.9 Å². The SMILES string of the molecule is COc1ccc(CNC(=O)CNC(=O)c2ccc(Cl)c(Cl)c2)cc1. The number of methoxy groups -OCH3 is 1. The molecule has 0 heterocycles. The Kier molecular flexibility index (Phi) is 6.46. The number of carbonyl (C=O) groups is 2. The summed E-state index contributed by atoms with van der Waals surface area (Å²) >= 11 is 11.7. The molecular weight excluding hydrogens is 351 g/mol. The monoisotopic (exact) mass is 366 g/mol. The quantitative estimate of drug-likeness (QED) is 0.825. The molecule has 2 aromatic rings. The van der Waals surface area contributed by atoms with Crippen molar-refractivity contribution < 1.29 is 14.3 Å². The number of hydrogen-bond acceptors (Lipinski definition) is 3. The molecule has 0 spiro atoms. The van der Waals surface area contributed by atoms with Gasteiger partial charge in [0.25, 0.3) is 5.91 Å². The molecule has 0 saturated carbocycles. The van der Waals surface area contributed by atoms with Crippen molar-refractivity contribution in [1.29, 1.82) is 0 Å². The summed E-state index contributed by atoms with van der Waals surface area (Å²) in [6.45, 7) is 0.237. The van der Waals surface area contributed by atoms with Crippen molar-refractivity contribution in [2.45, 2.75) is 6.54 Å². The number of nitrogens with one attached hydrogen (secondary N) is 2. The Morgan fingerprint density at radius 1 is 1.00 bits per heavy atom. The lowest BCUT2D eigenvalue weighted by molar-refractivity contribution is -0.120. The van der Waals surface area contributed by atoms with Gasteiger partial charge in [0, 0.05) is 12.1 Å². The van der Waals surface area contributed by atoms with E-state index in [0.717, 1.165) is 11.3 Å². The van der Waals surface area contributed by atoms with Crippen molar-refractivity contribution >= 4 is 35.0 Å².